The Morgan fingerprint density at radius 1 is 1.23 bits per heavy atom. The quantitative estimate of drug-likeness (QED) is 0.376. The summed E-state index contributed by atoms with van der Waals surface area (Å²) in [6.45, 7) is 3.69. The molecule has 26 heavy (non-hydrogen) atoms. The third kappa shape index (κ3) is 3.97. The maximum atomic E-state index is 11.9. The van der Waals surface area contributed by atoms with Crippen LogP contribution >= 0.6 is 11.3 Å². The van der Waals surface area contributed by atoms with E-state index < -0.39 is 5.97 Å². The zero-order valence-electron chi connectivity index (χ0n) is 14.5. The Labute approximate surface area is 155 Å². The van der Waals surface area contributed by atoms with Crippen LogP contribution < -0.4 is 0 Å². The predicted molar refractivity (Wildman–Crippen MR) is 102 cm³/mol. The highest BCUT2D eigenvalue weighted by Crippen LogP contribution is 2.23. The molecule has 0 spiro atoms. The van der Waals surface area contributed by atoms with Crippen LogP contribution in [0.15, 0.2) is 54.1 Å². The molecule has 0 aliphatic carbocycles. The zero-order chi connectivity index (χ0) is 18.5. The topological polar surface area (TPSA) is 61.2 Å². The molecule has 0 bridgehead atoms. The van der Waals surface area contributed by atoms with E-state index in [0.717, 1.165) is 22.1 Å². The summed E-state index contributed by atoms with van der Waals surface area (Å²) >= 11 is 1.55. The third-order valence-electron chi connectivity index (χ3n) is 3.92. The Bertz CT molecular complexity index is 941. The van der Waals surface area contributed by atoms with Crippen LogP contribution in [0.2, 0.25) is 0 Å². The van der Waals surface area contributed by atoms with Gasteiger partial charge in [-0.3, -0.25) is 9.36 Å². The average Bonchev–Trinajstić information content (AvgIpc) is 3.26. The molecule has 0 saturated heterocycles. The minimum Gasteiger partial charge on any atom is -0.454 e. The van der Waals surface area contributed by atoms with Gasteiger partial charge in [0, 0.05) is 34.6 Å². The predicted octanol–water partition coefficient (Wildman–Crippen LogP) is 3.99. The van der Waals surface area contributed by atoms with Gasteiger partial charge in [-0.05, 0) is 31.6 Å². The number of aromatic nitrogens is 2. The Kier molecular flexibility index (Phi) is 5.43. The number of ether oxygens (including phenoxy) is 1. The molecule has 0 saturated carbocycles. The van der Waals surface area contributed by atoms with E-state index >= 15 is 0 Å². The lowest BCUT2D eigenvalue weighted by Crippen LogP contribution is -2.12. The molecular formula is C20H18N2O3S. The second-order valence-corrected chi connectivity index (χ2v) is 6.58. The summed E-state index contributed by atoms with van der Waals surface area (Å²) in [4.78, 5) is 28.2. The van der Waals surface area contributed by atoms with E-state index in [2.05, 4.69) is 4.98 Å². The van der Waals surface area contributed by atoms with Crippen LogP contribution in [-0.2, 0) is 9.53 Å². The van der Waals surface area contributed by atoms with Crippen molar-refractivity contribution in [3.63, 3.8) is 0 Å². The van der Waals surface area contributed by atoms with Crippen molar-refractivity contribution in [2.75, 3.05) is 6.61 Å². The van der Waals surface area contributed by atoms with E-state index in [1.54, 1.807) is 47.9 Å². The number of carbonyl (C=O) groups excluding carboxylic acids is 2. The molecule has 2 aromatic heterocycles. The van der Waals surface area contributed by atoms with Gasteiger partial charge in [-0.25, -0.2) is 9.78 Å². The first-order chi connectivity index (χ1) is 12.6. The molecule has 1 aromatic carbocycles. The van der Waals surface area contributed by atoms with Crippen molar-refractivity contribution in [3.05, 3.63) is 76.6 Å². The number of Topliss-reactive ketones (excluding diaryl/α,β-unsaturated/α-hetero) is 1. The second-order valence-electron chi connectivity index (χ2n) is 5.71. The number of aryl methyl sites for hydroxylation is 1. The van der Waals surface area contributed by atoms with Crippen molar-refractivity contribution >= 4 is 29.2 Å². The summed E-state index contributed by atoms with van der Waals surface area (Å²) in [5.74, 6) is -0.775. The van der Waals surface area contributed by atoms with Gasteiger partial charge in [0.05, 0.1) is 0 Å². The van der Waals surface area contributed by atoms with Crippen LogP contribution in [0.5, 0.6) is 0 Å². The molecule has 0 atom stereocenters. The Hall–Kier alpha value is -2.99. The van der Waals surface area contributed by atoms with E-state index in [0.29, 0.717) is 5.56 Å². The lowest BCUT2D eigenvalue weighted by Gasteiger charge is -2.04. The lowest BCUT2D eigenvalue weighted by molar-refractivity contribution is -0.136. The number of hydrogen-bond acceptors (Lipinski definition) is 5. The zero-order valence-corrected chi connectivity index (χ0v) is 15.3. The number of hydrogen-bond donors (Lipinski definition) is 0. The first-order valence-electron chi connectivity index (χ1n) is 8.08. The average molecular weight is 366 g/mol. The van der Waals surface area contributed by atoms with Gasteiger partial charge in [0.2, 0.25) is 0 Å². The van der Waals surface area contributed by atoms with Gasteiger partial charge in [-0.2, -0.15) is 0 Å². The fourth-order valence-corrected chi connectivity index (χ4v) is 3.38. The molecule has 2 heterocycles. The molecule has 132 valence electrons. The second kappa shape index (κ2) is 7.93. The number of benzene rings is 1. The Morgan fingerprint density at radius 3 is 2.69 bits per heavy atom. The van der Waals surface area contributed by atoms with Crippen molar-refractivity contribution in [2.45, 2.75) is 13.8 Å². The fraction of sp³-hybridized carbons (Fsp3) is 0.150. The maximum absolute atomic E-state index is 11.9. The van der Waals surface area contributed by atoms with E-state index in [9.17, 15) is 9.59 Å². The SMILES string of the molecule is Cc1cc(/C=C/C(=O)OCC(=O)c2ccccc2)c(C)n1-c1nccs1. The highest BCUT2D eigenvalue weighted by molar-refractivity contribution is 7.12. The van der Waals surface area contributed by atoms with Crippen LogP contribution in [0.4, 0.5) is 0 Å². The maximum Gasteiger partial charge on any atom is 0.331 e. The monoisotopic (exact) mass is 366 g/mol. The van der Waals surface area contributed by atoms with Crippen LogP contribution in [0.3, 0.4) is 0 Å². The molecule has 5 nitrogen and oxygen atoms in total. The molecule has 6 heteroatoms. The number of esters is 1. The first-order valence-corrected chi connectivity index (χ1v) is 8.96. The molecule has 0 amide bonds. The highest BCUT2D eigenvalue weighted by atomic mass is 32.1. The van der Waals surface area contributed by atoms with Crippen molar-refractivity contribution in [1.82, 2.24) is 9.55 Å². The van der Waals surface area contributed by atoms with Crippen LogP contribution in [-0.4, -0.2) is 27.9 Å². The van der Waals surface area contributed by atoms with Crippen molar-refractivity contribution in [1.29, 1.82) is 0 Å². The van der Waals surface area contributed by atoms with Gasteiger partial charge in [0.15, 0.2) is 17.5 Å². The molecule has 0 fully saturated rings. The molecule has 0 aliphatic rings. The number of thiazole rings is 1. The van der Waals surface area contributed by atoms with E-state index in [-0.39, 0.29) is 12.4 Å². The Morgan fingerprint density at radius 2 is 2.00 bits per heavy atom. The largest absolute Gasteiger partial charge is 0.454 e. The summed E-state index contributed by atoms with van der Waals surface area (Å²) < 4.78 is 7.07. The number of nitrogens with zero attached hydrogens (tertiary/aromatic N) is 2. The normalized spacial score (nSPS) is 11.0. The first kappa shape index (κ1) is 17.8. The number of ketones is 1. The van der Waals surface area contributed by atoms with Crippen molar-refractivity contribution in [2.24, 2.45) is 0 Å². The number of rotatable bonds is 6. The summed E-state index contributed by atoms with van der Waals surface area (Å²) in [5.41, 5.74) is 3.45. The van der Waals surface area contributed by atoms with E-state index in [1.807, 2.05) is 35.9 Å². The summed E-state index contributed by atoms with van der Waals surface area (Å²) in [7, 11) is 0. The van der Waals surface area contributed by atoms with Crippen molar-refractivity contribution < 1.29 is 14.3 Å². The van der Waals surface area contributed by atoms with Gasteiger partial charge in [0.25, 0.3) is 0 Å². The fourth-order valence-electron chi connectivity index (χ4n) is 2.63. The van der Waals surface area contributed by atoms with Gasteiger partial charge in [0.1, 0.15) is 0 Å². The summed E-state index contributed by atoms with van der Waals surface area (Å²) in [6.07, 6.45) is 4.80. The molecular weight excluding hydrogens is 348 g/mol. The van der Waals surface area contributed by atoms with Gasteiger partial charge in [-0.1, -0.05) is 30.3 Å². The van der Waals surface area contributed by atoms with Gasteiger partial charge < -0.3 is 4.74 Å². The number of carbonyl (C=O) groups is 2. The summed E-state index contributed by atoms with van der Waals surface area (Å²) in [6, 6.07) is 10.7. The minimum absolute atomic E-state index is 0.228. The Balaban J connectivity index is 1.64. The smallest absolute Gasteiger partial charge is 0.331 e. The van der Waals surface area contributed by atoms with Crippen LogP contribution in [0, 0.1) is 13.8 Å². The molecule has 0 unspecified atom stereocenters. The summed E-state index contributed by atoms with van der Waals surface area (Å²) in [5, 5.41) is 2.81. The standard InChI is InChI=1S/C20H18N2O3S/c1-14-12-17(15(2)22(14)20-21-10-11-26-20)8-9-19(24)25-13-18(23)16-6-4-3-5-7-16/h3-12H,13H2,1-2H3/b9-8+. The third-order valence-corrected chi connectivity index (χ3v) is 4.68. The highest BCUT2D eigenvalue weighted by Gasteiger charge is 2.11. The molecule has 3 aromatic rings. The van der Waals surface area contributed by atoms with E-state index in [4.69, 9.17) is 4.74 Å². The van der Waals surface area contributed by atoms with Gasteiger partial charge in [-0.15, -0.1) is 11.3 Å². The van der Waals surface area contributed by atoms with E-state index in [1.165, 1.54) is 6.08 Å². The van der Waals surface area contributed by atoms with Crippen LogP contribution in [0.1, 0.15) is 27.3 Å². The van der Waals surface area contributed by atoms with Crippen LogP contribution in [0.25, 0.3) is 11.2 Å². The molecule has 0 radical (unpaired) electrons. The molecule has 0 N–H and O–H groups in total. The lowest BCUT2D eigenvalue weighted by atomic mass is 10.1. The minimum atomic E-state index is -0.548. The molecule has 3 rings (SSSR count). The van der Waals surface area contributed by atoms with Crippen molar-refractivity contribution in [3.8, 4) is 5.13 Å². The van der Waals surface area contributed by atoms with Gasteiger partial charge >= 0.3 is 5.97 Å². The molecule has 0 aliphatic heterocycles.